The van der Waals surface area contributed by atoms with Gasteiger partial charge in [0.05, 0.1) is 10.6 Å². The summed E-state index contributed by atoms with van der Waals surface area (Å²) in [6.45, 7) is 1.49. The second-order valence-corrected chi connectivity index (χ2v) is 10.5. The first-order chi connectivity index (χ1) is 17.1. The molecule has 4 aromatic rings. The lowest BCUT2D eigenvalue weighted by molar-refractivity contribution is -0.137. The molecule has 3 aromatic heterocycles. The van der Waals surface area contributed by atoms with Crippen LogP contribution in [0, 0.1) is 0 Å². The van der Waals surface area contributed by atoms with Crippen LogP contribution in [0.4, 0.5) is 19.1 Å². The van der Waals surface area contributed by atoms with Gasteiger partial charge in [0.2, 0.25) is 5.95 Å². The van der Waals surface area contributed by atoms with Gasteiger partial charge in [-0.15, -0.1) is 0 Å². The number of benzene rings is 1. The molecule has 5 rings (SSSR count). The number of hydrogen-bond acceptors (Lipinski definition) is 7. The van der Waals surface area contributed by atoms with Gasteiger partial charge in [-0.3, -0.25) is 0 Å². The molecule has 0 saturated carbocycles. The van der Waals surface area contributed by atoms with Gasteiger partial charge in [-0.1, -0.05) is 29.8 Å². The van der Waals surface area contributed by atoms with E-state index in [0.29, 0.717) is 12.7 Å². The van der Waals surface area contributed by atoms with Gasteiger partial charge in [0.25, 0.3) is 10.0 Å². The molecule has 188 valence electrons. The van der Waals surface area contributed by atoms with E-state index < -0.39 is 27.5 Å². The Bertz CT molecular complexity index is 1520. The number of alkyl halides is 3. The normalized spacial score (nSPS) is 16.8. The number of fused-ring (bicyclic) bond motifs is 1. The molecule has 13 heteroatoms. The summed E-state index contributed by atoms with van der Waals surface area (Å²) in [6.07, 6.45) is -1.27. The van der Waals surface area contributed by atoms with E-state index in [4.69, 9.17) is 11.6 Å². The zero-order valence-corrected chi connectivity index (χ0v) is 20.2. The third-order valence-corrected chi connectivity index (χ3v) is 7.74. The minimum absolute atomic E-state index is 0.0115. The average molecular weight is 537 g/mol. The van der Waals surface area contributed by atoms with Crippen LogP contribution in [-0.4, -0.2) is 46.5 Å². The van der Waals surface area contributed by atoms with Crippen LogP contribution in [0.5, 0.6) is 0 Å². The van der Waals surface area contributed by atoms with Crippen molar-refractivity contribution in [3.05, 3.63) is 65.6 Å². The SMILES string of the molecule is O=S(=O)(c1ccccc1)n1cc(-c2nc(NC3CCCNC3)ncc2C(F)(F)F)c2ccc(Cl)nc21. The summed E-state index contributed by atoms with van der Waals surface area (Å²) in [5.41, 5.74) is -1.73. The Hall–Kier alpha value is -3.22. The topological polar surface area (TPSA) is 102 Å². The van der Waals surface area contributed by atoms with Crippen molar-refractivity contribution in [2.24, 2.45) is 0 Å². The fourth-order valence-electron chi connectivity index (χ4n) is 4.15. The number of nitrogens with one attached hydrogen (secondary N) is 2. The average Bonchev–Trinajstić information content (AvgIpc) is 3.24. The Labute approximate surface area is 209 Å². The molecular weight excluding hydrogens is 517 g/mol. The predicted octanol–water partition coefficient (Wildman–Crippen LogP) is 4.57. The minimum Gasteiger partial charge on any atom is -0.350 e. The first-order valence-corrected chi connectivity index (χ1v) is 12.9. The second kappa shape index (κ2) is 9.34. The summed E-state index contributed by atoms with van der Waals surface area (Å²) in [7, 11) is -4.20. The van der Waals surface area contributed by atoms with Crippen LogP contribution in [0.1, 0.15) is 18.4 Å². The number of anilines is 1. The third-order valence-electron chi connectivity index (χ3n) is 5.87. The molecule has 36 heavy (non-hydrogen) atoms. The highest BCUT2D eigenvalue weighted by Crippen LogP contribution is 2.40. The van der Waals surface area contributed by atoms with Gasteiger partial charge < -0.3 is 10.6 Å². The molecule has 1 aliphatic rings. The van der Waals surface area contributed by atoms with E-state index in [0.717, 1.165) is 29.6 Å². The van der Waals surface area contributed by atoms with Gasteiger partial charge in [-0.25, -0.2) is 27.3 Å². The van der Waals surface area contributed by atoms with Gasteiger partial charge in [0.15, 0.2) is 5.65 Å². The third kappa shape index (κ3) is 4.63. The van der Waals surface area contributed by atoms with Crippen molar-refractivity contribution < 1.29 is 21.6 Å². The van der Waals surface area contributed by atoms with E-state index in [9.17, 15) is 21.6 Å². The molecule has 1 saturated heterocycles. The minimum atomic E-state index is -4.78. The number of aromatic nitrogens is 4. The van der Waals surface area contributed by atoms with Gasteiger partial charge in [0.1, 0.15) is 10.7 Å². The van der Waals surface area contributed by atoms with E-state index in [2.05, 4.69) is 25.6 Å². The van der Waals surface area contributed by atoms with E-state index in [1.54, 1.807) is 18.2 Å². The number of piperidine rings is 1. The van der Waals surface area contributed by atoms with Crippen LogP contribution in [0.3, 0.4) is 0 Å². The number of halogens is 4. The van der Waals surface area contributed by atoms with Crippen molar-refractivity contribution in [3.63, 3.8) is 0 Å². The number of pyridine rings is 1. The highest BCUT2D eigenvalue weighted by atomic mass is 35.5. The van der Waals surface area contributed by atoms with Gasteiger partial charge >= 0.3 is 6.18 Å². The zero-order chi connectivity index (χ0) is 25.5. The predicted molar refractivity (Wildman–Crippen MR) is 129 cm³/mol. The Kier molecular flexibility index (Phi) is 6.35. The summed E-state index contributed by atoms with van der Waals surface area (Å²) >= 11 is 6.04. The zero-order valence-electron chi connectivity index (χ0n) is 18.6. The van der Waals surface area contributed by atoms with Gasteiger partial charge in [-0.05, 0) is 43.7 Å². The summed E-state index contributed by atoms with van der Waals surface area (Å²) in [5, 5.41) is 6.42. The standard InChI is InChI=1S/C23H20ClF3N6O2S/c24-19-9-8-16-17(13-33(21(16)31-19)36(34,35)15-6-2-1-3-7-15)20-18(23(25,26)27)12-29-22(32-20)30-14-5-4-10-28-11-14/h1-3,6-9,12-14,28H,4-5,10-11H2,(H,29,30,32). The maximum absolute atomic E-state index is 14.0. The molecule has 1 atom stereocenters. The van der Waals surface area contributed by atoms with Crippen molar-refractivity contribution in [3.8, 4) is 11.3 Å². The van der Waals surface area contributed by atoms with Gasteiger partial charge in [0, 0.05) is 35.9 Å². The lowest BCUT2D eigenvalue weighted by atomic mass is 10.1. The molecule has 2 N–H and O–H groups in total. The second-order valence-electron chi connectivity index (χ2n) is 8.30. The Morgan fingerprint density at radius 1 is 1.11 bits per heavy atom. The highest BCUT2D eigenvalue weighted by molar-refractivity contribution is 7.90. The Balaban J connectivity index is 1.71. The Morgan fingerprint density at radius 3 is 2.58 bits per heavy atom. The fraction of sp³-hybridized carbons (Fsp3) is 0.261. The summed E-state index contributed by atoms with van der Waals surface area (Å²) in [5.74, 6) is 0.0143. The van der Waals surface area contributed by atoms with Crippen molar-refractivity contribution >= 4 is 38.6 Å². The van der Waals surface area contributed by atoms with E-state index in [-0.39, 0.29) is 38.6 Å². The molecule has 0 bridgehead atoms. The smallest absolute Gasteiger partial charge is 0.350 e. The molecule has 0 amide bonds. The molecule has 0 radical (unpaired) electrons. The first kappa shape index (κ1) is 24.5. The fourth-order valence-corrected chi connectivity index (χ4v) is 5.63. The number of nitrogens with zero attached hydrogens (tertiary/aromatic N) is 4. The molecule has 8 nitrogen and oxygen atoms in total. The lowest BCUT2D eigenvalue weighted by Gasteiger charge is -2.24. The van der Waals surface area contributed by atoms with Crippen molar-refractivity contribution in [2.45, 2.75) is 30.0 Å². The summed E-state index contributed by atoms with van der Waals surface area (Å²) in [6, 6.07) is 10.3. The van der Waals surface area contributed by atoms with Crippen LogP contribution in [0.15, 0.2) is 59.8 Å². The quantitative estimate of drug-likeness (QED) is 0.360. The van der Waals surface area contributed by atoms with Crippen LogP contribution in [0.2, 0.25) is 5.15 Å². The van der Waals surface area contributed by atoms with Crippen LogP contribution in [-0.2, 0) is 16.2 Å². The largest absolute Gasteiger partial charge is 0.419 e. The maximum atomic E-state index is 14.0. The van der Waals surface area contributed by atoms with Crippen LogP contribution >= 0.6 is 11.6 Å². The molecule has 1 aromatic carbocycles. The van der Waals surface area contributed by atoms with Crippen LogP contribution in [0.25, 0.3) is 22.3 Å². The molecule has 1 fully saturated rings. The van der Waals surface area contributed by atoms with Crippen molar-refractivity contribution in [2.75, 3.05) is 18.4 Å². The van der Waals surface area contributed by atoms with Crippen molar-refractivity contribution in [1.29, 1.82) is 0 Å². The molecule has 1 unspecified atom stereocenters. The lowest BCUT2D eigenvalue weighted by Crippen LogP contribution is -2.38. The summed E-state index contributed by atoms with van der Waals surface area (Å²) < 4.78 is 69.7. The monoisotopic (exact) mass is 536 g/mol. The maximum Gasteiger partial charge on any atom is 0.419 e. The van der Waals surface area contributed by atoms with E-state index >= 15 is 0 Å². The molecule has 1 aliphatic heterocycles. The Morgan fingerprint density at radius 2 is 1.89 bits per heavy atom. The first-order valence-electron chi connectivity index (χ1n) is 11.0. The van der Waals surface area contributed by atoms with E-state index in [1.807, 2.05) is 0 Å². The molecular formula is C23H20ClF3N6O2S. The van der Waals surface area contributed by atoms with Gasteiger partial charge in [-0.2, -0.15) is 13.2 Å². The van der Waals surface area contributed by atoms with Crippen LogP contribution < -0.4 is 10.6 Å². The molecule has 0 spiro atoms. The van der Waals surface area contributed by atoms with Crippen molar-refractivity contribution in [1.82, 2.24) is 24.2 Å². The highest BCUT2D eigenvalue weighted by Gasteiger charge is 2.37. The summed E-state index contributed by atoms with van der Waals surface area (Å²) in [4.78, 5) is 12.2. The molecule has 0 aliphatic carbocycles. The molecule has 4 heterocycles. The number of hydrogen-bond donors (Lipinski definition) is 2. The number of rotatable bonds is 5. The van der Waals surface area contributed by atoms with E-state index in [1.165, 1.54) is 24.3 Å².